The maximum absolute atomic E-state index is 12.4. The number of fused-ring (bicyclic) bond motifs is 1. The fourth-order valence-corrected chi connectivity index (χ4v) is 2.45. The summed E-state index contributed by atoms with van der Waals surface area (Å²) in [6.07, 6.45) is 1.55. The van der Waals surface area contributed by atoms with Gasteiger partial charge in [-0.05, 0) is 37.6 Å². The molecule has 1 N–H and O–H groups in total. The maximum Gasteiger partial charge on any atom is 0.257 e. The van der Waals surface area contributed by atoms with Gasteiger partial charge in [0.1, 0.15) is 11.3 Å². The molecule has 0 atom stereocenters. The van der Waals surface area contributed by atoms with Crippen LogP contribution in [0.25, 0.3) is 5.65 Å². The Morgan fingerprint density at radius 3 is 2.70 bits per heavy atom. The standard InChI is InChI=1S/C17H18N4O2/c1-11-8-12(2)21-16(20-11)15(10-19-21)17(22)18-9-13-4-6-14(23-3)7-5-13/h4-8,10H,9H2,1-3H3,(H,18,22). The summed E-state index contributed by atoms with van der Waals surface area (Å²) < 4.78 is 6.79. The molecule has 0 spiro atoms. The third kappa shape index (κ3) is 3.01. The van der Waals surface area contributed by atoms with Gasteiger partial charge in [-0.15, -0.1) is 0 Å². The van der Waals surface area contributed by atoms with Crippen molar-refractivity contribution >= 4 is 11.6 Å². The second-order valence-corrected chi connectivity index (χ2v) is 5.36. The molecule has 118 valence electrons. The van der Waals surface area contributed by atoms with Crippen molar-refractivity contribution in [1.82, 2.24) is 19.9 Å². The largest absolute Gasteiger partial charge is 0.497 e. The van der Waals surface area contributed by atoms with E-state index in [0.29, 0.717) is 17.8 Å². The Balaban J connectivity index is 1.78. The number of hydrogen-bond acceptors (Lipinski definition) is 4. The Morgan fingerprint density at radius 1 is 1.26 bits per heavy atom. The number of aryl methyl sites for hydroxylation is 2. The molecule has 23 heavy (non-hydrogen) atoms. The molecule has 0 unspecified atom stereocenters. The molecule has 0 saturated heterocycles. The number of nitrogens with zero attached hydrogens (tertiary/aromatic N) is 3. The second-order valence-electron chi connectivity index (χ2n) is 5.36. The Morgan fingerprint density at radius 2 is 2.00 bits per heavy atom. The number of methoxy groups -OCH3 is 1. The zero-order valence-corrected chi connectivity index (χ0v) is 13.3. The van der Waals surface area contributed by atoms with Crippen molar-refractivity contribution in [3.8, 4) is 5.75 Å². The minimum Gasteiger partial charge on any atom is -0.497 e. The van der Waals surface area contributed by atoms with E-state index in [0.717, 1.165) is 22.7 Å². The zero-order valence-electron chi connectivity index (χ0n) is 13.3. The Bertz CT molecular complexity index is 853. The molecule has 0 bridgehead atoms. The van der Waals surface area contributed by atoms with Crippen LogP contribution in [0.1, 0.15) is 27.3 Å². The second kappa shape index (κ2) is 6.08. The molecule has 2 heterocycles. The van der Waals surface area contributed by atoms with Gasteiger partial charge in [-0.1, -0.05) is 12.1 Å². The number of hydrogen-bond donors (Lipinski definition) is 1. The Hall–Kier alpha value is -2.89. The number of ether oxygens (including phenoxy) is 1. The molecular weight excluding hydrogens is 292 g/mol. The fourth-order valence-electron chi connectivity index (χ4n) is 2.45. The molecule has 3 rings (SSSR count). The van der Waals surface area contributed by atoms with Gasteiger partial charge in [-0.2, -0.15) is 5.10 Å². The lowest BCUT2D eigenvalue weighted by atomic mass is 10.2. The van der Waals surface area contributed by atoms with E-state index < -0.39 is 0 Å². The first kappa shape index (κ1) is 15.0. The van der Waals surface area contributed by atoms with E-state index in [1.165, 1.54) is 0 Å². The lowest BCUT2D eigenvalue weighted by Crippen LogP contribution is -2.22. The van der Waals surface area contributed by atoms with Gasteiger partial charge in [0.2, 0.25) is 0 Å². The van der Waals surface area contributed by atoms with E-state index in [1.54, 1.807) is 17.8 Å². The summed E-state index contributed by atoms with van der Waals surface area (Å²) in [5.74, 6) is 0.603. The first-order valence-electron chi connectivity index (χ1n) is 7.31. The predicted octanol–water partition coefficient (Wildman–Crippen LogP) is 2.28. The summed E-state index contributed by atoms with van der Waals surface area (Å²) in [7, 11) is 1.62. The van der Waals surface area contributed by atoms with Crippen molar-refractivity contribution in [2.24, 2.45) is 0 Å². The number of benzene rings is 1. The van der Waals surface area contributed by atoms with Crippen molar-refractivity contribution in [3.05, 3.63) is 59.0 Å². The summed E-state index contributed by atoms with van der Waals surface area (Å²) in [4.78, 5) is 16.8. The van der Waals surface area contributed by atoms with E-state index in [2.05, 4.69) is 15.4 Å². The van der Waals surface area contributed by atoms with Crippen LogP contribution in [0, 0.1) is 13.8 Å². The fraction of sp³-hybridized carbons (Fsp3) is 0.235. The Labute approximate surface area is 134 Å². The van der Waals surface area contributed by atoms with E-state index >= 15 is 0 Å². The van der Waals surface area contributed by atoms with Crippen LogP contribution in [0.5, 0.6) is 5.75 Å². The number of amides is 1. The quantitative estimate of drug-likeness (QED) is 0.803. The van der Waals surface area contributed by atoms with Crippen LogP contribution in [0.15, 0.2) is 36.5 Å². The molecule has 3 aromatic rings. The monoisotopic (exact) mass is 310 g/mol. The van der Waals surface area contributed by atoms with Gasteiger partial charge in [-0.25, -0.2) is 9.50 Å². The number of rotatable bonds is 4. The first-order valence-corrected chi connectivity index (χ1v) is 7.31. The van der Waals surface area contributed by atoms with Gasteiger partial charge < -0.3 is 10.1 Å². The molecule has 1 amide bonds. The number of carbonyl (C=O) groups is 1. The van der Waals surface area contributed by atoms with Gasteiger partial charge in [0.15, 0.2) is 5.65 Å². The minimum absolute atomic E-state index is 0.187. The van der Waals surface area contributed by atoms with Gasteiger partial charge in [0, 0.05) is 17.9 Å². The van der Waals surface area contributed by atoms with Crippen molar-refractivity contribution in [2.75, 3.05) is 7.11 Å². The summed E-state index contributed by atoms with van der Waals surface area (Å²) >= 11 is 0. The third-order valence-electron chi connectivity index (χ3n) is 3.63. The normalized spacial score (nSPS) is 10.7. The number of carbonyl (C=O) groups excluding carboxylic acids is 1. The molecular formula is C17H18N4O2. The number of aromatic nitrogens is 3. The summed E-state index contributed by atoms with van der Waals surface area (Å²) in [6.45, 7) is 4.28. The topological polar surface area (TPSA) is 68.5 Å². The molecule has 0 saturated carbocycles. The molecule has 0 fully saturated rings. The van der Waals surface area contributed by atoms with Crippen molar-refractivity contribution in [1.29, 1.82) is 0 Å². The minimum atomic E-state index is -0.187. The van der Waals surface area contributed by atoms with E-state index in [9.17, 15) is 4.79 Å². The van der Waals surface area contributed by atoms with E-state index in [-0.39, 0.29) is 5.91 Å². The van der Waals surface area contributed by atoms with Crippen molar-refractivity contribution in [3.63, 3.8) is 0 Å². The lowest BCUT2D eigenvalue weighted by Gasteiger charge is -2.06. The lowest BCUT2D eigenvalue weighted by molar-refractivity contribution is 0.0952. The highest BCUT2D eigenvalue weighted by Gasteiger charge is 2.15. The summed E-state index contributed by atoms with van der Waals surface area (Å²) in [5.41, 5.74) is 3.86. The Kier molecular flexibility index (Phi) is 3.97. The molecule has 0 radical (unpaired) electrons. The summed E-state index contributed by atoms with van der Waals surface area (Å²) in [5, 5.41) is 7.13. The molecule has 2 aromatic heterocycles. The first-order chi connectivity index (χ1) is 11.1. The highest BCUT2D eigenvalue weighted by molar-refractivity contribution is 5.99. The molecule has 0 aliphatic rings. The average Bonchev–Trinajstić information content (AvgIpc) is 2.97. The van der Waals surface area contributed by atoms with E-state index in [4.69, 9.17) is 4.74 Å². The van der Waals surface area contributed by atoms with Crippen molar-refractivity contribution in [2.45, 2.75) is 20.4 Å². The van der Waals surface area contributed by atoms with Crippen LogP contribution in [0.3, 0.4) is 0 Å². The maximum atomic E-state index is 12.4. The SMILES string of the molecule is COc1ccc(CNC(=O)c2cnn3c(C)cc(C)nc23)cc1. The van der Waals surface area contributed by atoms with Gasteiger partial charge in [0.25, 0.3) is 5.91 Å². The third-order valence-corrected chi connectivity index (χ3v) is 3.63. The summed E-state index contributed by atoms with van der Waals surface area (Å²) in [6, 6.07) is 9.50. The van der Waals surface area contributed by atoms with Gasteiger partial charge in [0.05, 0.1) is 13.3 Å². The number of nitrogens with one attached hydrogen (secondary N) is 1. The van der Waals surface area contributed by atoms with Crippen LogP contribution < -0.4 is 10.1 Å². The molecule has 1 aromatic carbocycles. The molecule has 6 nitrogen and oxygen atoms in total. The highest BCUT2D eigenvalue weighted by Crippen LogP contribution is 2.13. The molecule has 0 aliphatic heterocycles. The predicted molar refractivity (Wildman–Crippen MR) is 86.6 cm³/mol. The highest BCUT2D eigenvalue weighted by atomic mass is 16.5. The van der Waals surface area contributed by atoms with Crippen LogP contribution in [0.4, 0.5) is 0 Å². The smallest absolute Gasteiger partial charge is 0.257 e. The van der Waals surface area contributed by atoms with Crippen LogP contribution in [-0.2, 0) is 6.54 Å². The molecule has 0 aliphatic carbocycles. The molecule has 6 heteroatoms. The van der Waals surface area contributed by atoms with Gasteiger partial charge in [-0.3, -0.25) is 4.79 Å². The van der Waals surface area contributed by atoms with Crippen LogP contribution in [0.2, 0.25) is 0 Å². The van der Waals surface area contributed by atoms with Crippen LogP contribution >= 0.6 is 0 Å². The van der Waals surface area contributed by atoms with Crippen molar-refractivity contribution < 1.29 is 9.53 Å². The average molecular weight is 310 g/mol. The van der Waals surface area contributed by atoms with E-state index in [1.807, 2.05) is 44.2 Å². The zero-order chi connectivity index (χ0) is 16.4. The van der Waals surface area contributed by atoms with Gasteiger partial charge >= 0.3 is 0 Å². The van der Waals surface area contributed by atoms with Crippen LogP contribution in [-0.4, -0.2) is 27.6 Å².